The molecule has 2 aromatic rings. The van der Waals surface area contributed by atoms with E-state index >= 15 is 0 Å². The summed E-state index contributed by atoms with van der Waals surface area (Å²) in [7, 11) is 1.62. The second kappa shape index (κ2) is 9.46. The summed E-state index contributed by atoms with van der Waals surface area (Å²) in [6.07, 6.45) is 1.72. The largest absolute Gasteiger partial charge is 0.490 e. The van der Waals surface area contributed by atoms with Crippen molar-refractivity contribution in [2.24, 2.45) is 0 Å². The summed E-state index contributed by atoms with van der Waals surface area (Å²) in [5.74, 6) is 1.08. The molecular weight excluding hydrogens is 380 g/mol. The number of anilines is 1. The van der Waals surface area contributed by atoms with Crippen molar-refractivity contribution >= 4 is 29.1 Å². The molecule has 2 amide bonds. The van der Waals surface area contributed by atoms with E-state index in [0.717, 1.165) is 23.5 Å². The normalized spacial score (nSPS) is 12.8. The Bertz CT molecular complexity index is 856. The molecule has 0 aromatic heterocycles. The molecule has 0 aliphatic carbocycles. The maximum absolute atomic E-state index is 12.4. The van der Waals surface area contributed by atoms with Crippen LogP contribution in [0.25, 0.3) is 0 Å². The van der Waals surface area contributed by atoms with Crippen molar-refractivity contribution in [1.82, 2.24) is 4.90 Å². The number of amides is 2. The van der Waals surface area contributed by atoms with Gasteiger partial charge in [0.15, 0.2) is 11.5 Å². The summed E-state index contributed by atoms with van der Waals surface area (Å²) in [5, 5.41) is 3.27. The number of nitrogens with zero attached hydrogens (tertiary/aromatic N) is 1. The highest BCUT2D eigenvalue weighted by Gasteiger charge is 2.15. The Morgan fingerprint density at radius 2 is 1.89 bits per heavy atom. The quantitative estimate of drug-likeness (QED) is 0.802. The lowest BCUT2D eigenvalue weighted by atomic mass is 10.1. The molecule has 7 heteroatoms. The number of rotatable bonds is 6. The number of fused-ring (bicyclic) bond motifs is 1. The predicted molar refractivity (Wildman–Crippen MR) is 108 cm³/mol. The Labute approximate surface area is 169 Å². The summed E-state index contributed by atoms with van der Waals surface area (Å²) in [6, 6.07) is 12.6. The number of ether oxygens (including phenoxy) is 2. The Morgan fingerprint density at radius 1 is 1.11 bits per heavy atom. The molecule has 0 bridgehead atoms. The zero-order valence-electron chi connectivity index (χ0n) is 15.7. The number of hydrogen-bond acceptors (Lipinski definition) is 4. The maximum Gasteiger partial charge on any atom is 0.243 e. The van der Waals surface area contributed by atoms with Crippen molar-refractivity contribution in [3.8, 4) is 11.5 Å². The molecule has 0 radical (unpaired) electrons. The monoisotopic (exact) mass is 402 g/mol. The van der Waals surface area contributed by atoms with Gasteiger partial charge in [-0.15, -0.1) is 0 Å². The van der Waals surface area contributed by atoms with Crippen LogP contribution in [0.3, 0.4) is 0 Å². The molecule has 1 aliphatic heterocycles. The van der Waals surface area contributed by atoms with Gasteiger partial charge in [0.25, 0.3) is 0 Å². The minimum atomic E-state index is -0.270. The first kappa shape index (κ1) is 20.0. The molecule has 0 fully saturated rings. The number of carbonyl (C=O) groups excluding carboxylic acids is 2. The first-order valence-corrected chi connectivity index (χ1v) is 9.57. The maximum atomic E-state index is 12.4. The van der Waals surface area contributed by atoms with Gasteiger partial charge >= 0.3 is 0 Å². The Morgan fingerprint density at radius 3 is 2.68 bits per heavy atom. The lowest BCUT2D eigenvalue weighted by Crippen LogP contribution is -2.35. The third kappa shape index (κ3) is 5.63. The van der Waals surface area contributed by atoms with Crippen molar-refractivity contribution in [2.75, 3.05) is 32.1 Å². The lowest BCUT2D eigenvalue weighted by molar-refractivity contribution is -0.133. The minimum Gasteiger partial charge on any atom is -0.490 e. The van der Waals surface area contributed by atoms with Crippen molar-refractivity contribution in [2.45, 2.75) is 19.3 Å². The number of aryl methyl sites for hydroxylation is 1. The first-order chi connectivity index (χ1) is 13.5. The van der Waals surface area contributed by atoms with E-state index in [-0.39, 0.29) is 18.4 Å². The molecule has 28 heavy (non-hydrogen) atoms. The van der Waals surface area contributed by atoms with E-state index in [1.54, 1.807) is 31.3 Å². The van der Waals surface area contributed by atoms with Gasteiger partial charge in [-0.2, -0.15) is 0 Å². The van der Waals surface area contributed by atoms with Gasteiger partial charge in [0.05, 0.1) is 19.8 Å². The van der Waals surface area contributed by atoms with E-state index in [4.69, 9.17) is 21.1 Å². The molecule has 0 unspecified atom stereocenters. The number of halogens is 1. The summed E-state index contributed by atoms with van der Waals surface area (Å²) < 4.78 is 11.3. The van der Waals surface area contributed by atoms with Gasteiger partial charge in [-0.1, -0.05) is 23.7 Å². The number of benzene rings is 2. The summed E-state index contributed by atoms with van der Waals surface area (Å²) in [6.45, 7) is 1.25. The molecule has 6 nitrogen and oxygen atoms in total. The smallest absolute Gasteiger partial charge is 0.243 e. The highest BCUT2D eigenvalue weighted by Crippen LogP contribution is 2.30. The van der Waals surface area contributed by atoms with Gasteiger partial charge in [0, 0.05) is 30.6 Å². The van der Waals surface area contributed by atoms with Crippen LogP contribution in [-0.2, 0) is 16.0 Å². The van der Waals surface area contributed by atoms with E-state index in [1.807, 2.05) is 18.2 Å². The minimum absolute atomic E-state index is 0.0213. The number of nitrogens with one attached hydrogen (secondary N) is 1. The van der Waals surface area contributed by atoms with E-state index in [9.17, 15) is 9.59 Å². The second-order valence-electron chi connectivity index (χ2n) is 6.64. The van der Waals surface area contributed by atoms with Crippen LogP contribution in [0.5, 0.6) is 11.5 Å². The highest BCUT2D eigenvalue weighted by atomic mass is 35.5. The van der Waals surface area contributed by atoms with Crippen LogP contribution in [-0.4, -0.2) is 43.5 Å². The zero-order valence-corrected chi connectivity index (χ0v) is 16.5. The molecule has 2 aromatic carbocycles. The predicted octanol–water partition coefficient (Wildman–Crippen LogP) is 3.53. The van der Waals surface area contributed by atoms with Gasteiger partial charge in [0.1, 0.15) is 0 Å². The summed E-state index contributed by atoms with van der Waals surface area (Å²) >= 11 is 5.90. The Kier molecular flexibility index (Phi) is 6.76. The van der Waals surface area contributed by atoms with Crippen molar-refractivity contribution in [3.63, 3.8) is 0 Å². The Balaban J connectivity index is 1.49. The van der Waals surface area contributed by atoms with E-state index in [0.29, 0.717) is 36.8 Å². The molecular formula is C21H23ClN2O4. The SMILES string of the molecule is CN(CC(=O)Nc1cccc(Cl)c1)C(=O)CCc1ccc2c(c1)OCCCO2. The van der Waals surface area contributed by atoms with Crippen LogP contribution in [0.4, 0.5) is 5.69 Å². The van der Waals surface area contributed by atoms with Crippen LogP contribution >= 0.6 is 11.6 Å². The van der Waals surface area contributed by atoms with Crippen molar-refractivity contribution in [1.29, 1.82) is 0 Å². The summed E-state index contributed by atoms with van der Waals surface area (Å²) in [4.78, 5) is 25.9. The second-order valence-corrected chi connectivity index (χ2v) is 7.08. The highest BCUT2D eigenvalue weighted by molar-refractivity contribution is 6.30. The standard InChI is InChI=1S/C21H23ClN2O4/c1-24(14-20(25)23-17-5-2-4-16(22)13-17)21(26)9-7-15-6-8-18-19(12-15)28-11-3-10-27-18/h2,4-6,8,12-13H,3,7,9-11,14H2,1H3,(H,23,25). The Hall–Kier alpha value is -2.73. The third-order valence-corrected chi connectivity index (χ3v) is 4.59. The average molecular weight is 403 g/mol. The van der Waals surface area contributed by atoms with Gasteiger partial charge in [-0.3, -0.25) is 9.59 Å². The van der Waals surface area contributed by atoms with E-state index in [1.165, 1.54) is 4.90 Å². The molecule has 0 saturated carbocycles. The van der Waals surface area contributed by atoms with Crippen LogP contribution < -0.4 is 14.8 Å². The number of hydrogen-bond donors (Lipinski definition) is 1. The molecule has 3 rings (SSSR count). The average Bonchev–Trinajstić information content (AvgIpc) is 2.90. The van der Waals surface area contributed by atoms with E-state index < -0.39 is 0 Å². The van der Waals surface area contributed by atoms with Crippen LogP contribution in [0.1, 0.15) is 18.4 Å². The molecule has 1 aliphatic rings. The fourth-order valence-corrected chi connectivity index (χ4v) is 3.07. The molecule has 0 spiro atoms. The molecule has 1 N–H and O–H groups in total. The fraction of sp³-hybridized carbons (Fsp3) is 0.333. The number of likely N-dealkylation sites (N-methyl/N-ethyl adjacent to an activating group) is 1. The molecule has 1 heterocycles. The molecule has 0 saturated heterocycles. The van der Waals surface area contributed by atoms with E-state index in [2.05, 4.69) is 5.32 Å². The molecule has 0 atom stereocenters. The van der Waals surface area contributed by atoms with Gasteiger partial charge < -0.3 is 19.7 Å². The van der Waals surface area contributed by atoms with Crippen LogP contribution in [0.15, 0.2) is 42.5 Å². The lowest BCUT2D eigenvalue weighted by Gasteiger charge is -2.17. The van der Waals surface area contributed by atoms with Gasteiger partial charge in [-0.25, -0.2) is 0 Å². The van der Waals surface area contributed by atoms with Crippen molar-refractivity contribution < 1.29 is 19.1 Å². The molecule has 148 valence electrons. The third-order valence-electron chi connectivity index (χ3n) is 4.35. The van der Waals surface area contributed by atoms with Gasteiger partial charge in [0.2, 0.25) is 11.8 Å². The topological polar surface area (TPSA) is 67.9 Å². The van der Waals surface area contributed by atoms with Crippen LogP contribution in [0.2, 0.25) is 5.02 Å². The summed E-state index contributed by atoms with van der Waals surface area (Å²) in [5.41, 5.74) is 1.60. The fourth-order valence-electron chi connectivity index (χ4n) is 2.88. The number of carbonyl (C=O) groups is 2. The van der Waals surface area contributed by atoms with Crippen molar-refractivity contribution in [3.05, 3.63) is 53.1 Å². The van der Waals surface area contributed by atoms with Crippen LogP contribution in [0, 0.1) is 0 Å². The first-order valence-electron chi connectivity index (χ1n) is 9.19. The zero-order chi connectivity index (χ0) is 19.9. The van der Waals surface area contributed by atoms with Gasteiger partial charge in [-0.05, 0) is 42.3 Å².